The molecular weight excluding hydrogens is 282 g/mol. The highest BCUT2D eigenvalue weighted by Gasteiger charge is 2.25. The maximum Gasteiger partial charge on any atom is 0.221 e. The molecule has 7 heteroatoms. The molecule has 118 valence electrons. The van der Waals surface area contributed by atoms with E-state index in [2.05, 4.69) is 20.3 Å². The minimum absolute atomic E-state index is 0.0197. The molecule has 1 atom stereocenters. The van der Waals surface area contributed by atoms with Crippen LogP contribution in [0.5, 0.6) is 0 Å². The number of aromatic nitrogens is 3. The number of rotatable bonds is 7. The second kappa shape index (κ2) is 7.22. The van der Waals surface area contributed by atoms with E-state index in [0.29, 0.717) is 19.5 Å². The lowest BCUT2D eigenvalue weighted by atomic mass is 10.2. The van der Waals surface area contributed by atoms with E-state index >= 15 is 0 Å². The number of likely N-dealkylation sites (tertiary alicyclic amines) is 1. The number of nitrogens with zero attached hydrogens (tertiary/aromatic N) is 4. The van der Waals surface area contributed by atoms with Gasteiger partial charge in [0.1, 0.15) is 18.4 Å². The molecule has 0 spiro atoms. The number of nitrogens with one attached hydrogen (secondary N) is 1. The van der Waals surface area contributed by atoms with Crippen molar-refractivity contribution in [2.45, 2.75) is 31.8 Å². The van der Waals surface area contributed by atoms with Crippen molar-refractivity contribution in [3.8, 4) is 0 Å². The lowest BCUT2D eigenvalue weighted by molar-refractivity contribution is -0.121. The molecular formula is C15H21N5O2. The van der Waals surface area contributed by atoms with Gasteiger partial charge in [0.05, 0.1) is 18.8 Å². The van der Waals surface area contributed by atoms with Crippen LogP contribution in [0.3, 0.4) is 0 Å². The van der Waals surface area contributed by atoms with E-state index in [9.17, 15) is 4.79 Å². The van der Waals surface area contributed by atoms with Crippen LogP contribution in [0.25, 0.3) is 0 Å². The van der Waals surface area contributed by atoms with E-state index in [1.54, 1.807) is 17.3 Å². The summed E-state index contributed by atoms with van der Waals surface area (Å²) in [4.78, 5) is 18.2. The molecule has 0 saturated carbocycles. The summed E-state index contributed by atoms with van der Waals surface area (Å²) in [5.41, 5.74) is 0. The lowest BCUT2D eigenvalue weighted by Gasteiger charge is -2.26. The highest BCUT2D eigenvalue weighted by atomic mass is 16.3. The van der Waals surface area contributed by atoms with Crippen LogP contribution in [0.4, 0.5) is 0 Å². The molecule has 1 amide bonds. The van der Waals surface area contributed by atoms with Gasteiger partial charge in [-0.1, -0.05) is 0 Å². The fraction of sp³-hybridized carbons (Fsp3) is 0.533. The zero-order chi connectivity index (χ0) is 15.2. The summed E-state index contributed by atoms with van der Waals surface area (Å²) < 4.78 is 7.20. The minimum Gasteiger partial charge on any atom is -0.468 e. The summed E-state index contributed by atoms with van der Waals surface area (Å²) in [5.74, 6) is 0.935. The molecule has 3 heterocycles. The van der Waals surface area contributed by atoms with Crippen LogP contribution in [-0.2, 0) is 11.3 Å². The van der Waals surface area contributed by atoms with Crippen LogP contribution in [-0.4, -0.2) is 45.2 Å². The van der Waals surface area contributed by atoms with E-state index in [4.69, 9.17) is 4.42 Å². The van der Waals surface area contributed by atoms with Gasteiger partial charge in [0.2, 0.25) is 5.91 Å². The number of amides is 1. The summed E-state index contributed by atoms with van der Waals surface area (Å²) >= 11 is 0. The Hall–Kier alpha value is -2.15. The Kier molecular flexibility index (Phi) is 4.85. The monoisotopic (exact) mass is 303 g/mol. The van der Waals surface area contributed by atoms with Crippen LogP contribution in [0.2, 0.25) is 0 Å². The quantitative estimate of drug-likeness (QED) is 0.832. The first kappa shape index (κ1) is 14.8. The maximum absolute atomic E-state index is 12.0. The summed E-state index contributed by atoms with van der Waals surface area (Å²) in [7, 11) is 0. The summed E-state index contributed by atoms with van der Waals surface area (Å²) in [6.45, 7) is 3.23. The zero-order valence-corrected chi connectivity index (χ0v) is 12.5. The van der Waals surface area contributed by atoms with Gasteiger partial charge in [-0.2, -0.15) is 5.10 Å². The van der Waals surface area contributed by atoms with Gasteiger partial charge < -0.3 is 9.73 Å². The van der Waals surface area contributed by atoms with Crippen molar-refractivity contribution in [3.05, 3.63) is 36.8 Å². The third kappa shape index (κ3) is 3.73. The fourth-order valence-electron chi connectivity index (χ4n) is 2.81. The first-order chi connectivity index (χ1) is 10.8. The number of hydrogen-bond acceptors (Lipinski definition) is 5. The van der Waals surface area contributed by atoms with E-state index in [1.807, 2.05) is 12.1 Å². The smallest absolute Gasteiger partial charge is 0.221 e. The number of hydrogen-bond donors (Lipinski definition) is 1. The Labute approximate surface area is 129 Å². The van der Waals surface area contributed by atoms with Crippen LogP contribution in [0.1, 0.15) is 31.1 Å². The SMILES string of the molecule is O=C(CCn1cncn1)NC[C@H](c1ccco1)N1CCCC1. The second-order valence-corrected chi connectivity index (χ2v) is 5.49. The third-order valence-electron chi connectivity index (χ3n) is 3.98. The van der Waals surface area contributed by atoms with Gasteiger partial charge >= 0.3 is 0 Å². The third-order valence-corrected chi connectivity index (χ3v) is 3.98. The van der Waals surface area contributed by atoms with E-state index in [0.717, 1.165) is 18.8 Å². The second-order valence-electron chi connectivity index (χ2n) is 5.49. The topological polar surface area (TPSA) is 76.2 Å². The van der Waals surface area contributed by atoms with Gasteiger partial charge in [-0.3, -0.25) is 14.4 Å². The molecule has 0 aromatic carbocycles. The normalized spacial score (nSPS) is 16.7. The molecule has 1 fully saturated rings. The Morgan fingerprint density at radius 1 is 1.41 bits per heavy atom. The van der Waals surface area contributed by atoms with E-state index in [1.165, 1.54) is 19.2 Å². The van der Waals surface area contributed by atoms with Crippen molar-refractivity contribution in [1.82, 2.24) is 25.0 Å². The molecule has 7 nitrogen and oxygen atoms in total. The minimum atomic E-state index is 0.0197. The molecule has 1 aliphatic rings. The number of aryl methyl sites for hydroxylation is 1. The number of carbonyl (C=O) groups excluding carboxylic acids is 1. The Morgan fingerprint density at radius 3 is 2.95 bits per heavy atom. The molecule has 1 saturated heterocycles. The van der Waals surface area contributed by atoms with Crippen molar-refractivity contribution in [2.75, 3.05) is 19.6 Å². The van der Waals surface area contributed by atoms with Gasteiger partial charge in [-0.25, -0.2) is 4.98 Å². The summed E-state index contributed by atoms with van der Waals surface area (Å²) in [5, 5.41) is 7.00. The highest BCUT2D eigenvalue weighted by molar-refractivity contribution is 5.75. The first-order valence-corrected chi connectivity index (χ1v) is 7.69. The van der Waals surface area contributed by atoms with E-state index < -0.39 is 0 Å². The average molecular weight is 303 g/mol. The molecule has 22 heavy (non-hydrogen) atoms. The van der Waals surface area contributed by atoms with Crippen molar-refractivity contribution in [1.29, 1.82) is 0 Å². The van der Waals surface area contributed by atoms with Gasteiger partial charge in [-0.05, 0) is 38.1 Å². The molecule has 0 radical (unpaired) electrons. The summed E-state index contributed by atoms with van der Waals surface area (Å²) in [6, 6.07) is 3.99. The Balaban J connectivity index is 1.51. The molecule has 2 aromatic rings. The van der Waals surface area contributed by atoms with Crippen LogP contribution in [0, 0.1) is 0 Å². The van der Waals surface area contributed by atoms with Gasteiger partial charge in [0.15, 0.2) is 0 Å². The highest BCUT2D eigenvalue weighted by Crippen LogP contribution is 2.24. The zero-order valence-electron chi connectivity index (χ0n) is 12.5. The standard InChI is InChI=1S/C15H21N5O2/c21-15(5-8-20-12-16-11-18-20)17-10-13(14-4-3-9-22-14)19-6-1-2-7-19/h3-4,9,11-13H,1-2,5-8,10H2,(H,17,21)/t13-/m1/s1. The average Bonchev–Trinajstić information content (AvgIpc) is 3.27. The molecule has 1 aliphatic heterocycles. The fourth-order valence-corrected chi connectivity index (χ4v) is 2.81. The molecule has 0 bridgehead atoms. The predicted octanol–water partition coefficient (Wildman–Crippen LogP) is 1.21. The van der Waals surface area contributed by atoms with Crippen LogP contribution >= 0.6 is 0 Å². The lowest BCUT2D eigenvalue weighted by Crippen LogP contribution is -2.36. The van der Waals surface area contributed by atoms with Gasteiger partial charge in [0, 0.05) is 13.0 Å². The van der Waals surface area contributed by atoms with Crippen molar-refractivity contribution in [3.63, 3.8) is 0 Å². The van der Waals surface area contributed by atoms with E-state index in [-0.39, 0.29) is 11.9 Å². The Morgan fingerprint density at radius 2 is 2.27 bits per heavy atom. The molecule has 0 unspecified atom stereocenters. The molecule has 2 aromatic heterocycles. The Bertz CT molecular complexity index is 561. The summed E-state index contributed by atoms with van der Waals surface area (Å²) in [6.07, 6.45) is 7.58. The molecule has 0 aliphatic carbocycles. The van der Waals surface area contributed by atoms with Crippen LogP contribution < -0.4 is 5.32 Å². The van der Waals surface area contributed by atoms with Crippen LogP contribution in [0.15, 0.2) is 35.5 Å². The largest absolute Gasteiger partial charge is 0.468 e. The van der Waals surface area contributed by atoms with Crippen molar-refractivity contribution in [2.24, 2.45) is 0 Å². The maximum atomic E-state index is 12.0. The van der Waals surface area contributed by atoms with Crippen molar-refractivity contribution >= 4 is 5.91 Å². The number of carbonyl (C=O) groups is 1. The number of furan rings is 1. The van der Waals surface area contributed by atoms with Gasteiger partial charge in [0.25, 0.3) is 0 Å². The predicted molar refractivity (Wildman–Crippen MR) is 79.9 cm³/mol. The first-order valence-electron chi connectivity index (χ1n) is 7.69. The van der Waals surface area contributed by atoms with Crippen molar-refractivity contribution < 1.29 is 9.21 Å². The molecule has 1 N–H and O–H groups in total. The molecule has 3 rings (SSSR count). The van der Waals surface area contributed by atoms with Gasteiger partial charge in [-0.15, -0.1) is 0 Å².